The van der Waals surface area contributed by atoms with Crippen LogP contribution < -0.4 is 4.74 Å². The molecule has 38 heavy (non-hydrogen) atoms. The highest BCUT2D eigenvalue weighted by Gasteiger charge is 2.63. The summed E-state index contributed by atoms with van der Waals surface area (Å²) in [5.41, 5.74) is 0.276. The maximum absolute atomic E-state index is 11.8. The summed E-state index contributed by atoms with van der Waals surface area (Å²) in [6.45, 7) is 7.90. The molecule has 5 nitrogen and oxygen atoms in total. The van der Waals surface area contributed by atoms with Crippen LogP contribution in [0.15, 0.2) is 24.3 Å². The highest BCUT2D eigenvalue weighted by Crippen LogP contribution is 2.68. The second-order valence-corrected chi connectivity index (χ2v) is 13.6. The Morgan fingerprint density at radius 3 is 2.37 bits per heavy atom. The van der Waals surface area contributed by atoms with Crippen molar-refractivity contribution in [3.05, 3.63) is 29.8 Å². The summed E-state index contributed by atoms with van der Waals surface area (Å²) in [6, 6.07) is 7.78. The van der Waals surface area contributed by atoms with E-state index in [1.165, 1.54) is 6.42 Å². The van der Waals surface area contributed by atoms with Gasteiger partial charge in [0.15, 0.2) is 0 Å². The summed E-state index contributed by atoms with van der Waals surface area (Å²) in [7, 11) is 1.66. The molecule has 0 amide bonds. The number of rotatable bonds is 6. The number of ether oxygens (including phenoxy) is 2. The molecule has 5 heteroatoms. The molecule has 210 valence electrons. The summed E-state index contributed by atoms with van der Waals surface area (Å²) in [4.78, 5) is 0. The van der Waals surface area contributed by atoms with Crippen LogP contribution in [0.5, 0.6) is 5.75 Å². The van der Waals surface area contributed by atoms with E-state index in [0.29, 0.717) is 37.4 Å². The summed E-state index contributed by atoms with van der Waals surface area (Å²) in [5.74, 6) is 9.44. The molecule has 0 saturated heterocycles. The van der Waals surface area contributed by atoms with Gasteiger partial charge < -0.3 is 24.8 Å². The van der Waals surface area contributed by atoms with Gasteiger partial charge in [-0.25, -0.2) is 0 Å². The van der Waals surface area contributed by atoms with Gasteiger partial charge in [0.25, 0.3) is 0 Å². The SMILES string of the molecule is COCCOc1ccc(C#CCC(C)(O)C2CCC3C4CC(O)C5CC(O)CCC5(C)C4CCC32C)cc1. The molecule has 10 unspecified atom stereocenters. The maximum atomic E-state index is 11.8. The zero-order chi connectivity index (χ0) is 27.1. The normalized spacial score (nSPS) is 41.6. The van der Waals surface area contributed by atoms with E-state index in [4.69, 9.17) is 9.47 Å². The Bertz CT molecular complexity index is 1020. The van der Waals surface area contributed by atoms with Gasteiger partial charge in [0, 0.05) is 19.1 Å². The van der Waals surface area contributed by atoms with Crippen molar-refractivity contribution in [2.75, 3.05) is 20.3 Å². The molecule has 0 bridgehead atoms. The molecule has 1 aromatic carbocycles. The Kier molecular flexibility index (Phi) is 7.93. The Balaban J connectivity index is 1.26. The smallest absolute Gasteiger partial charge is 0.119 e. The first-order valence-electron chi connectivity index (χ1n) is 14.9. The van der Waals surface area contributed by atoms with Gasteiger partial charge >= 0.3 is 0 Å². The maximum Gasteiger partial charge on any atom is 0.119 e. The van der Waals surface area contributed by atoms with Crippen molar-refractivity contribution in [1.29, 1.82) is 0 Å². The number of aliphatic hydroxyl groups is 3. The van der Waals surface area contributed by atoms with Gasteiger partial charge in [0.05, 0.1) is 24.4 Å². The van der Waals surface area contributed by atoms with E-state index < -0.39 is 5.60 Å². The van der Waals surface area contributed by atoms with E-state index in [-0.39, 0.29) is 34.9 Å². The van der Waals surface area contributed by atoms with Crippen molar-refractivity contribution >= 4 is 0 Å². The summed E-state index contributed by atoms with van der Waals surface area (Å²) in [6.07, 6.45) is 7.85. The molecule has 4 aliphatic rings. The third-order valence-corrected chi connectivity index (χ3v) is 11.5. The number of hydrogen-bond acceptors (Lipinski definition) is 5. The molecule has 4 saturated carbocycles. The van der Waals surface area contributed by atoms with E-state index in [0.717, 1.165) is 56.3 Å². The van der Waals surface area contributed by atoms with Crippen molar-refractivity contribution in [2.45, 2.75) is 96.4 Å². The third-order valence-electron chi connectivity index (χ3n) is 11.5. The fourth-order valence-electron chi connectivity index (χ4n) is 9.63. The zero-order valence-corrected chi connectivity index (χ0v) is 23.8. The van der Waals surface area contributed by atoms with E-state index in [2.05, 4.69) is 25.7 Å². The van der Waals surface area contributed by atoms with Crippen molar-refractivity contribution < 1.29 is 24.8 Å². The Morgan fingerprint density at radius 1 is 0.921 bits per heavy atom. The molecule has 4 aliphatic carbocycles. The van der Waals surface area contributed by atoms with Crippen LogP contribution in [0.1, 0.15) is 84.1 Å². The number of benzene rings is 1. The molecular formula is C33H48O5. The van der Waals surface area contributed by atoms with Gasteiger partial charge in [0.1, 0.15) is 12.4 Å². The molecule has 1 aromatic rings. The summed E-state index contributed by atoms with van der Waals surface area (Å²) >= 11 is 0. The zero-order valence-electron chi connectivity index (χ0n) is 23.8. The molecule has 0 spiro atoms. The van der Waals surface area contributed by atoms with Crippen LogP contribution in [0.3, 0.4) is 0 Å². The number of hydrogen-bond donors (Lipinski definition) is 3. The average Bonchev–Trinajstić information content (AvgIpc) is 3.25. The van der Waals surface area contributed by atoms with E-state index in [1.54, 1.807) is 7.11 Å². The number of methoxy groups -OCH3 is 1. The molecule has 3 N–H and O–H groups in total. The predicted octanol–water partition coefficient (Wildman–Crippen LogP) is 5.20. The summed E-state index contributed by atoms with van der Waals surface area (Å²) in [5, 5.41) is 33.4. The first kappa shape index (κ1) is 28.0. The molecule has 10 atom stereocenters. The van der Waals surface area contributed by atoms with E-state index in [9.17, 15) is 15.3 Å². The van der Waals surface area contributed by atoms with E-state index in [1.807, 2.05) is 31.2 Å². The second kappa shape index (κ2) is 10.8. The van der Waals surface area contributed by atoms with Gasteiger partial charge in [-0.1, -0.05) is 25.7 Å². The number of fused-ring (bicyclic) bond motifs is 5. The van der Waals surface area contributed by atoms with Crippen LogP contribution in [0.2, 0.25) is 0 Å². The minimum Gasteiger partial charge on any atom is -0.491 e. The van der Waals surface area contributed by atoms with Crippen LogP contribution >= 0.6 is 0 Å². The van der Waals surface area contributed by atoms with Crippen molar-refractivity contribution in [3.8, 4) is 17.6 Å². The van der Waals surface area contributed by atoms with Gasteiger partial charge in [-0.2, -0.15) is 0 Å². The lowest BCUT2D eigenvalue weighted by Gasteiger charge is -2.62. The van der Waals surface area contributed by atoms with Crippen LogP contribution in [0, 0.1) is 52.3 Å². The first-order valence-corrected chi connectivity index (χ1v) is 14.9. The average molecular weight is 525 g/mol. The topological polar surface area (TPSA) is 79.2 Å². The Labute approximate surface area is 229 Å². The highest BCUT2D eigenvalue weighted by molar-refractivity contribution is 5.38. The fraction of sp³-hybridized carbons (Fsp3) is 0.758. The molecule has 0 aromatic heterocycles. The van der Waals surface area contributed by atoms with Crippen LogP contribution in [0.25, 0.3) is 0 Å². The Morgan fingerprint density at radius 2 is 1.63 bits per heavy atom. The van der Waals surface area contributed by atoms with Crippen molar-refractivity contribution in [1.82, 2.24) is 0 Å². The first-order chi connectivity index (χ1) is 18.1. The fourth-order valence-corrected chi connectivity index (χ4v) is 9.63. The van der Waals surface area contributed by atoms with Crippen LogP contribution in [0.4, 0.5) is 0 Å². The summed E-state index contributed by atoms with van der Waals surface area (Å²) < 4.78 is 10.7. The molecular weight excluding hydrogens is 476 g/mol. The lowest BCUT2D eigenvalue weighted by Crippen LogP contribution is -2.59. The third kappa shape index (κ3) is 5.03. The lowest BCUT2D eigenvalue weighted by molar-refractivity contribution is -0.178. The monoisotopic (exact) mass is 524 g/mol. The van der Waals surface area contributed by atoms with Gasteiger partial charge in [0.2, 0.25) is 0 Å². The Hall–Kier alpha value is -1.58. The van der Waals surface area contributed by atoms with Crippen LogP contribution in [-0.2, 0) is 4.74 Å². The minimum absolute atomic E-state index is 0.0740. The van der Waals surface area contributed by atoms with Crippen LogP contribution in [-0.4, -0.2) is 53.5 Å². The van der Waals surface area contributed by atoms with E-state index >= 15 is 0 Å². The van der Waals surface area contributed by atoms with Gasteiger partial charge in [-0.15, -0.1) is 0 Å². The minimum atomic E-state index is -0.846. The lowest BCUT2D eigenvalue weighted by atomic mass is 9.43. The molecule has 5 rings (SSSR count). The standard InChI is InChI=1S/C33H48O5/c1-31-16-13-23(34)20-28(31)29(35)21-25-26-11-12-30(32(26,2)17-14-27(25)31)33(3,36)15-5-6-22-7-9-24(10-8-22)38-19-18-37-4/h7-10,23,25-30,34-36H,11-21H2,1-4H3. The molecule has 0 heterocycles. The molecule has 0 aliphatic heterocycles. The quantitative estimate of drug-likeness (QED) is 0.352. The molecule has 4 fully saturated rings. The predicted molar refractivity (Wildman–Crippen MR) is 149 cm³/mol. The van der Waals surface area contributed by atoms with Gasteiger partial charge in [-0.3, -0.25) is 0 Å². The largest absolute Gasteiger partial charge is 0.491 e. The van der Waals surface area contributed by atoms with Crippen molar-refractivity contribution in [2.24, 2.45) is 40.4 Å². The van der Waals surface area contributed by atoms with Crippen molar-refractivity contribution in [3.63, 3.8) is 0 Å². The molecule has 0 radical (unpaired) electrons. The second-order valence-electron chi connectivity index (χ2n) is 13.6. The number of aliphatic hydroxyl groups excluding tert-OH is 2. The highest BCUT2D eigenvalue weighted by atomic mass is 16.5. The van der Waals surface area contributed by atoms with Gasteiger partial charge in [-0.05, 0) is 123 Å².